The molecule has 0 atom stereocenters. The number of para-hydroxylation sites is 2. The van der Waals surface area contributed by atoms with Gasteiger partial charge < -0.3 is 4.42 Å². The van der Waals surface area contributed by atoms with Crippen LogP contribution in [-0.4, -0.2) is 10.8 Å². The van der Waals surface area contributed by atoms with Gasteiger partial charge in [-0.05, 0) is 18.6 Å². The van der Waals surface area contributed by atoms with Gasteiger partial charge in [-0.15, -0.1) is 0 Å². The van der Waals surface area contributed by atoms with Crippen molar-refractivity contribution in [3.05, 3.63) is 30.2 Å². The molecule has 0 unspecified atom stereocenters. The fourth-order valence-corrected chi connectivity index (χ4v) is 1.53. The zero-order valence-electron chi connectivity index (χ0n) is 8.69. The maximum Gasteiger partial charge on any atom is 0.202 e. The lowest BCUT2D eigenvalue weighted by Crippen LogP contribution is -2.01. The molecule has 0 saturated heterocycles. The summed E-state index contributed by atoms with van der Waals surface area (Å²) in [7, 11) is 0. The van der Waals surface area contributed by atoms with E-state index in [1.54, 1.807) is 0 Å². The quantitative estimate of drug-likeness (QED) is 0.767. The number of oxazole rings is 1. The molecule has 2 aromatic rings. The van der Waals surface area contributed by atoms with E-state index in [9.17, 15) is 4.79 Å². The number of aromatic nitrogens is 1. The minimum Gasteiger partial charge on any atom is -0.440 e. The lowest BCUT2D eigenvalue weighted by atomic mass is 10.2. The summed E-state index contributed by atoms with van der Waals surface area (Å²) in [6.45, 7) is 1.99. The molecule has 1 aromatic carbocycles. The van der Waals surface area contributed by atoms with Gasteiger partial charge in [-0.25, -0.2) is 4.98 Å². The highest BCUT2D eigenvalue weighted by molar-refractivity contribution is 5.81. The lowest BCUT2D eigenvalue weighted by Gasteiger charge is -1.92. The van der Waals surface area contributed by atoms with Gasteiger partial charge in [0.05, 0.1) is 6.42 Å². The Morgan fingerprint density at radius 3 is 2.93 bits per heavy atom. The molecule has 78 valence electrons. The predicted molar refractivity (Wildman–Crippen MR) is 57.6 cm³/mol. The van der Waals surface area contributed by atoms with Crippen molar-refractivity contribution in [3.8, 4) is 0 Å². The van der Waals surface area contributed by atoms with Crippen molar-refractivity contribution in [2.24, 2.45) is 0 Å². The van der Waals surface area contributed by atoms with E-state index in [0.717, 1.165) is 17.5 Å². The molecule has 15 heavy (non-hydrogen) atoms. The van der Waals surface area contributed by atoms with Gasteiger partial charge in [-0.1, -0.05) is 19.1 Å². The van der Waals surface area contributed by atoms with Crippen LogP contribution in [-0.2, 0) is 11.2 Å². The smallest absolute Gasteiger partial charge is 0.202 e. The SMILES string of the molecule is CCCC(=O)Cc1nc2ccccc2o1. The first-order valence-corrected chi connectivity index (χ1v) is 5.15. The monoisotopic (exact) mass is 203 g/mol. The summed E-state index contributed by atoms with van der Waals surface area (Å²) in [6, 6.07) is 7.54. The number of fused-ring (bicyclic) bond motifs is 1. The van der Waals surface area contributed by atoms with Crippen molar-refractivity contribution >= 4 is 16.9 Å². The minimum atomic E-state index is 0.184. The normalized spacial score (nSPS) is 10.7. The molecule has 0 spiro atoms. The van der Waals surface area contributed by atoms with Crippen LogP contribution in [0.2, 0.25) is 0 Å². The predicted octanol–water partition coefficient (Wildman–Crippen LogP) is 2.74. The van der Waals surface area contributed by atoms with E-state index >= 15 is 0 Å². The second-order valence-corrected chi connectivity index (χ2v) is 3.54. The van der Waals surface area contributed by atoms with Crippen LogP contribution in [0, 0.1) is 0 Å². The molecule has 0 aliphatic rings. The van der Waals surface area contributed by atoms with Gasteiger partial charge in [0, 0.05) is 6.42 Å². The van der Waals surface area contributed by atoms with Gasteiger partial charge in [0.15, 0.2) is 5.58 Å². The third-order valence-electron chi connectivity index (χ3n) is 2.22. The number of carbonyl (C=O) groups is 1. The summed E-state index contributed by atoms with van der Waals surface area (Å²) < 4.78 is 5.45. The van der Waals surface area contributed by atoms with E-state index in [0.29, 0.717) is 18.7 Å². The van der Waals surface area contributed by atoms with Gasteiger partial charge >= 0.3 is 0 Å². The summed E-state index contributed by atoms with van der Waals surface area (Å²) in [6.07, 6.45) is 1.78. The van der Waals surface area contributed by atoms with Crippen molar-refractivity contribution in [1.82, 2.24) is 4.98 Å². The number of benzene rings is 1. The van der Waals surface area contributed by atoms with Crippen molar-refractivity contribution < 1.29 is 9.21 Å². The highest BCUT2D eigenvalue weighted by Gasteiger charge is 2.09. The van der Waals surface area contributed by atoms with E-state index < -0.39 is 0 Å². The second kappa shape index (κ2) is 4.26. The van der Waals surface area contributed by atoms with Crippen molar-refractivity contribution in [2.45, 2.75) is 26.2 Å². The molecule has 3 heteroatoms. The molecule has 0 N–H and O–H groups in total. The highest BCUT2D eigenvalue weighted by Crippen LogP contribution is 2.15. The Morgan fingerprint density at radius 1 is 1.40 bits per heavy atom. The zero-order chi connectivity index (χ0) is 10.7. The third-order valence-corrected chi connectivity index (χ3v) is 2.22. The van der Waals surface area contributed by atoms with Crippen molar-refractivity contribution in [3.63, 3.8) is 0 Å². The summed E-state index contributed by atoms with van der Waals surface area (Å²) in [4.78, 5) is 15.6. The van der Waals surface area contributed by atoms with Crippen LogP contribution in [0.5, 0.6) is 0 Å². The average Bonchev–Trinajstić information content (AvgIpc) is 2.59. The number of carbonyl (C=O) groups excluding carboxylic acids is 1. The van der Waals surface area contributed by atoms with Crippen LogP contribution in [0.4, 0.5) is 0 Å². The number of Topliss-reactive ketones (excluding diaryl/α,β-unsaturated/α-hetero) is 1. The standard InChI is InChI=1S/C12H13NO2/c1-2-5-9(14)8-12-13-10-6-3-4-7-11(10)15-12/h3-4,6-7H,2,5,8H2,1H3. The molecule has 0 amide bonds. The molecule has 3 nitrogen and oxygen atoms in total. The zero-order valence-corrected chi connectivity index (χ0v) is 8.69. The number of nitrogens with zero attached hydrogens (tertiary/aromatic N) is 1. The summed E-state index contributed by atoms with van der Waals surface area (Å²) in [5, 5.41) is 0. The first kappa shape index (κ1) is 9.90. The van der Waals surface area contributed by atoms with Crippen LogP contribution in [0.15, 0.2) is 28.7 Å². The molecule has 0 fully saturated rings. The van der Waals surface area contributed by atoms with Gasteiger partial charge in [-0.2, -0.15) is 0 Å². The van der Waals surface area contributed by atoms with Gasteiger partial charge in [0.1, 0.15) is 11.3 Å². The Morgan fingerprint density at radius 2 is 2.20 bits per heavy atom. The summed E-state index contributed by atoms with van der Waals surface area (Å²) in [5.41, 5.74) is 1.56. The van der Waals surface area contributed by atoms with Crippen LogP contribution < -0.4 is 0 Å². The molecule has 1 heterocycles. The van der Waals surface area contributed by atoms with Gasteiger partial charge in [0.25, 0.3) is 0 Å². The molecule has 0 radical (unpaired) electrons. The fraction of sp³-hybridized carbons (Fsp3) is 0.333. The first-order valence-electron chi connectivity index (χ1n) is 5.15. The topological polar surface area (TPSA) is 43.1 Å². The van der Waals surface area contributed by atoms with Crippen LogP contribution >= 0.6 is 0 Å². The summed E-state index contributed by atoms with van der Waals surface area (Å²) in [5.74, 6) is 0.707. The van der Waals surface area contributed by atoms with Gasteiger partial charge in [0.2, 0.25) is 5.89 Å². The molecule has 0 bridgehead atoms. The highest BCUT2D eigenvalue weighted by atomic mass is 16.3. The van der Waals surface area contributed by atoms with E-state index in [1.165, 1.54) is 0 Å². The van der Waals surface area contributed by atoms with E-state index in [4.69, 9.17) is 4.42 Å². The van der Waals surface area contributed by atoms with E-state index in [2.05, 4.69) is 4.98 Å². The van der Waals surface area contributed by atoms with Crippen LogP contribution in [0.1, 0.15) is 25.7 Å². The molecule has 1 aromatic heterocycles. The Bertz CT molecular complexity index is 440. The molecular weight excluding hydrogens is 190 g/mol. The number of hydrogen-bond acceptors (Lipinski definition) is 3. The molecule has 0 saturated carbocycles. The van der Waals surface area contributed by atoms with E-state index in [1.807, 2.05) is 31.2 Å². The molecular formula is C12H13NO2. The largest absolute Gasteiger partial charge is 0.440 e. The Balaban J connectivity index is 2.18. The molecule has 0 aliphatic carbocycles. The lowest BCUT2D eigenvalue weighted by molar-refractivity contribution is -0.118. The molecule has 2 rings (SSSR count). The third kappa shape index (κ3) is 2.24. The molecule has 0 aliphatic heterocycles. The fourth-order valence-electron chi connectivity index (χ4n) is 1.53. The number of hydrogen-bond donors (Lipinski definition) is 0. The maximum atomic E-state index is 11.4. The Kier molecular flexibility index (Phi) is 2.81. The summed E-state index contributed by atoms with van der Waals surface area (Å²) >= 11 is 0. The maximum absolute atomic E-state index is 11.4. The van der Waals surface area contributed by atoms with Crippen LogP contribution in [0.3, 0.4) is 0 Å². The van der Waals surface area contributed by atoms with E-state index in [-0.39, 0.29) is 5.78 Å². The van der Waals surface area contributed by atoms with Crippen molar-refractivity contribution in [2.75, 3.05) is 0 Å². The average molecular weight is 203 g/mol. The van der Waals surface area contributed by atoms with Gasteiger partial charge in [-0.3, -0.25) is 4.79 Å². The minimum absolute atomic E-state index is 0.184. The second-order valence-electron chi connectivity index (χ2n) is 3.54. The van der Waals surface area contributed by atoms with Crippen molar-refractivity contribution in [1.29, 1.82) is 0 Å². The Hall–Kier alpha value is -1.64. The number of ketones is 1. The Labute approximate surface area is 88.1 Å². The first-order chi connectivity index (χ1) is 7.29. The van der Waals surface area contributed by atoms with Crippen LogP contribution in [0.25, 0.3) is 11.1 Å². The number of rotatable bonds is 4.